The zero-order valence-corrected chi connectivity index (χ0v) is 18.4. The molecule has 1 aliphatic rings. The zero-order chi connectivity index (χ0) is 23.8. The Bertz CT molecular complexity index is 1230. The van der Waals surface area contributed by atoms with Crippen molar-refractivity contribution in [2.45, 2.75) is 29.7 Å². The van der Waals surface area contributed by atoms with Gasteiger partial charge in [0, 0.05) is 44.8 Å². The van der Waals surface area contributed by atoms with E-state index in [1.807, 2.05) is 0 Å². The highest BCUT2D eigenvalue weighted by molar-refractivity contribution is 7.89. The van der Waals surface area contributed by atoms with Crippen LogP contribution in [0, 0.1) is 5.82 Å². The van der Waals surface area contributed by atoms with Crippen LogP contribution in [-0.2, 0) is 29.8 Å². The summed E-state index contributed by atoms with van der Waals surface area (Å²) < 4.78 is 81.6. The first-order chi connectivity index (χ1) is 15.5. The molecular formula is C22H22F4N4O2S. The van der Waals surface area contributed by atoms with Crippen molar-refractivity contribution < 1.29 is 26.0 Å². The molecule has 176 valence electrons. The van der Waals surface area contributed by atoms with Crippen LogP contribution in [0.3, 0.4) is 0 Å². The van der Waals surface area contributed by atoms with Crippen molar-refractivity contribution in [3.8, 4) is 0 Å². The highest BCUT2D eigenvalue weighted by Gasteiger charge is 2.40. The number of hydrogen-bond donors (Lipinski definition) is 1. The Balaban J connectivity index is 1.58. The van der Waals surface area contributed by atoms with E-state index in [2.05, 4.69) is 10.3 Å². The second-order valence-electron chi connectivity index (χ2n) is 8.04. The van der Waals surface area contributed by atoms with Crippen LogP contribution in [0.1, 0.15) is 22.6 Å². The van der Waals surface area contributed by atoms with Crippen molar-refractivity contribution in [2.75, 3.05) is 13.1 Å². The van der Waals surface area contributed by atoms with Crippen molar-refractivity contribution >= 4 is 10.0 Å². The lowest BCUT2D eigenvalue weighted by Gasteiger charge is -2.20. The average molecular weight is 483 g/mol. The van der Waals surface area contributed by atoms with Gasteiger partial charge in [-0.1, -0.05) is 30.3 Å². The minimum Gasteiger partial charge on any atom is -0.339 e. The zero-order valence-electron chi connectivity index (χ0n) is 17.6. The molecule has 4 rings (SSSR count). The van der Waals surface area contributed by atoms with Crippen molar-refractivity contribution in [2.24, 2.45) is 7.05 Å². The van der Waals surface area contributed by atoms with Crippen molar-refractivity contribution in [3.05, 3.63) is 83.6 Å². The fourth-order valence-corrected chi connectivity index (χ4v) is 5.44. The largest absolute Gasteiger partial charge is 0.416 e. The smallest absolute Gasteiger partial charge is 0.339 e. The Morgan fingerprint density at radius 2 is 1.85 bits per heavy atom. The number of aryl methyl sites for hydroxylation is 1. The molecule has 1 N–H and O–H groups in total. The molecule has 11 heteroatoms. The van der Waals surface area contributed by atoms with Crippen LogP contribution in [0.5, 0.6) is 0 Å². The van der Waals surface area contributed by atoms with E-state index in [0.717, 1.165) is 17.7 Å². The second kappa shape index (κ2) is 8.88. The fraction of sp³-hybridized carbons (Fsp3) is 0.318. The van der Waals surface area contributed by atoms with E-state index >= 15 is 0 Å². The molecule has 3 aromatic rings. The Labute approximate surface area is 188 Å². The van der Waals surface area contributed by atoms with Gasteiger partial charge in [0.25, 0.3) is 10.0 Å². The predicted octanol–water partition coefficient (Wildman–Crippen LogP) is 3.52. The molecule has 1 fully saturated rings. The topological polar surface area (TPSA) is 67.2 Å². The first kappa shape index (κ1) is 23.4. The highest BCUT2D eigenvalue weighted by atomic mass is 32.2. The number of nitrogens with zero attached hydrogens (tertiary/aromatic N) is 3. The molecule has 1 saturated heterocycles. The molecule has 0 aliphatic carbocycles. The molecule has 1 aliphatic heterocycles. The monoisotopic (exact) mass is 482 g/mol. The van der Waals surface area contributed by atoms with Gasteiger partial charge in [-0.2, -0.15) is 17.5 Å². The Morgan fingerprint density at radius 1 is 1.12 bits per heavy atom. The van der Waals surface area contributed by atoms with Gasteiger partial charge in [-0.05, 0) is 29.3 Å². The van der Waals surface area contributed by atoms with Crippen LogP contribution in [0.25, 0.3) is 0 Å². The molecule has 0 amide bonds. The molecule has 0 unspecified atom stereocenters. The average Bonchev–Trinajstić information content (AvgIpc) is 3.40. The van der Waals surface area contributed by atoms with Gasteiger partial charge in [-0.25, -0.2) is 17.8 Å². The maximum Gasteiger partial charge on any atom is 0.416 e. The molecular weight excluding hydrogens is 460 g/mol. The quantitative estimate of drug-likeness (QED) is 0.546. The second-order valence-corrected chi connectivity index (χ2v) is 9.93. The molecule has 33 heavy (non-hydrogen) atoms. The first-order valence-electron chi connectivity index (χ1n) is 10.2. The van der Waals surface area contributed by atoms with Crippen molar-refractivity contribution in [3.63, 3.8) is 0 Å². The highest BCUT2D eigenvalue weighted by Crippen LogP contribution is 2.32. The van der Waals surface area contributed by atoms with Gasteiger partial charge >= 0.3 is 6.18 Å². The molecule has 0 saturated carbocycles. The standard InChI is InChI=1S/C22H22F4N4O2S/c1-29-13-21(28-14-29)33(31,32)30-11-19(16-5-7-18(23)8-6-16)20(12-30)27-10-15-3-2-4-17(9-15)22(24,25)26/h2-9,13-14,19-20,27H,10-12H2,1H3/t19-,20+/m0/s1. The third-order valence-electron chi connectivity index (χ3n) is 5.69. The van der Waals surface area contributed by atoms with Gasteiger partial charge in [-0.15, -0.1) is 0 Å². The molecule has 1 aromatic heterocycles. The summed E-state index contributed by atoms with van der Waals surface area (Å²) in [6, 6.07) is 10.4. The van der Waals surface area contributed by atoms with Crippen LogP contribution in [0.15, 0.2) is 66.1 Å². The Morgan fingerprint density at radius 3 is 2.48 bits per heavy atom. The number of hydrogen-bond acceptors (Lipinski definition) is 4. The molecule has 0 radical (unpaired) electrons. The minimum atomic E-state index is -4.45. The first-order valence-corrected chi connectivity index (χ1v) is 11.6. The molecule has 2 aromatic carbocycles. The lowest BCUT2D eigenvalue weighted by Crippen LogP contribution is -2.36. The van der Waals surface area contributed by atoms with Crippen LogP contribution in [0.2, 0.25) is 0 Å². The summed E-state index contributed by atoms with van der Waals surface area (Å²) in [6.45, 7) is 0.342. The van der Waals surface area contributed by atoms with Crippen LogP contribution in [0.4, 0.5) is 17.6 Å². The molecule has 2 heterocycles. The van der Waals surface area contributed by atoms with E-state index in [4.69, 9.17) is 0 Å². The van der Waals surface area contributed by atoms with E-state index in [-0.39, 0.29) is 30.6 Å². The molecule has 0 spiro atoms. The number of aromatic nitrogens is 2. The van der Waals surface area contributed by atoms with Crippen LogP contribution in [-0.4, -0.2) is 41.4 Å². The van der Waals surface area contributed by atoms with E-state index in [9.17, 15) is 26.0 Å². The van der Waals surface area contributed by atoms with Gasteiger partial charge in [0.1, 0.15) is 5.82 Å². The molecule has 0 bridgehead atoms. The van der Waals surface area contributed by atoms with E-state index in [0.29, 0.717) is 5.56 Å². The summed E-state index contributed by atoms with van der Waals surface area (Å²) in [4.78, 5) is 3.95. The van der Waals surface area contributed by atoms with E-state index in [1.165, 1.54) is 39.6 Å². The number of alkyl halides is 3. The maximum atomic E-state index is 13.4. The SMILES string of the molecule is Cn1cnc(S(=O)(=O)N2C[C@@H](NCc3cccc(C(F)(F)F)c3)[C@H](c3ccc(F)cc3)C2)c1. The molecule has 6 nitrogen and oxygen atoms in total. The van der Waals surface area contributed by atoms with Gasteiger partial charge in [0.2, 0.25) is 0 Å². The van der Waals surface area contributed by atoms with Crippen LogP contribution < -0.4 is 5.32 Å². The van der Waals surface area contributed by atoms with Gasteiger partial charge in [0.05, 0.1) is 11.9 Å². The summed E-state index contributed by atoms with van der Waals surface area (Å²) in [5.74, 6) is -0.738. The molecule has 2 atom stereocenters. The van der Waals surface area contributed by atoms with Crippen molar-refractivity contribution in [1.82, 2.24) is 19.2 Å². The van der Waals surface area contributed by atoms with Gasteiger partial charge in [0.15, 0.2) is 5.03 Å². The number of rotatable bonds is 6. The summed E-state index contributed by atoms with van der Waals surface area (Å²) in [7, 11) is -2.21. The third-order valence-corrected chi connectivity index (χ3v) is 7.41. The van der Waals surface area contributed by atoms with E-state index in [1.54, 1.807) is 25.2 Å². The maximum absolute atomic E-state index is 13.4. The fourth-order valence-electron chi connectivity index (χ4n) is 3.98. The minimum absolute atomic E-state index is 0.0821. The summed E-state index contributed by atoms with van der Waals surface area (Å²) in [6.07, 6.45) is -1.65. The Kier molecular flexibility index (Phi) is 6.30. The number of benzene rings is 2. The number of nitrogens with one attached hydrogen (secondary N) is 1. The number of halogens is 4. The van der Waals surface area contributed by atoms with Crippen molar-refractivity contribution in [1.29, 1.82) is 0 Å². The summed E-state index contributed by atoms with van der Waals surface area (Å²) in [5, 5.41) is 3.12. The number of sulfonamides is 1. The summed E-state index contributed by atoms with van der Waals surface area (Å²) >= 11 is 0. The van der Waals surface area contributed by atoms with Gasteiger partial charge < -0.3 is 9.88 Å². The third kappa shape index (κ3) is 5.10. The normalized spacial score (nSPS) is 19.8. The van der Waals surface area contributed by atoms with Crippen LogP contribution >= 0.6 is 0 Å². The Hall–Kier alpha value is -2.76. The lowest BCUT2D eigenvalue weighted by atomic mass is 9.94. The lowest BCUT2D eigenvalue weighted by molar-refractivity contribution is -0.137. The summed E-state index contributed by atoms with van der Waals surface area (Å²) in [5.41, 5.74) is 0.410. The van der Waals surface area contributed by atoms with Gasteiger partial charge in [-0.3, -0.25) is 0 Å². The predicted molar refractivity (Wildman–Crippen MR) is 113 cm³/mol. The van der Waals surface area contributed by atoms with E-state index < -0.39 is 33.6 Å². The number of imidazole rings is 1.